The van der Waals surface area contributed by atoms with Gasteiger partial charge in [0.2, 0.25) is 0 Å². The van der Waals surface area contributed by atoms with Gasteiger partial charge in [-0.15, -0.1) is 0 Å². The number of pyridine rings is 1. The number of hydrogen-bond donors (Lipinski definition) is 0. The van der Waals surface area contributed by atoms with Gasteiger partial charge < -0.3 is 9.47 Å². The molecule has 1 aromatic carbocycles. The molecule has 0 aliphatic heterocycles. The van der Waals surface area contributed by atoms with E-state index < -0.39 is 6.17 Å². The van der Waals surface area contributed by atoms with Gasteiger partial charge in [0.25, 0.3) is 0 Å². The smallest absolute Gasteiger partial charge is 0.137 e. The molecule has 0 aliphatic rings. The number of unbranched alkanes of at least 4 members (excludes halogenated alkanes) is 8. The average molecular weight is 402 g/mol. The first kappa shape index (κ1) is 23.2. The maximum atomic E-state index is 12.8. The fourth-order valence-corrected chi connectivity index (χ4v) is 3.17. The van der Waals surface area contributed by atoms with E-state index in [9.17, 15) is 4.39 Å². The van der Waals surface area contributed by atoms with E-state index in [0.29, 0.717) is 5.75 Å². The molecule has 0 amide bonds. The summed E-state index contributed by atoms with van der Waals surface area (Å²) in [5.41, 5.74) is 1.88. The molecule has 160 valence electrons. The molecule has 2 rings (SSSR count). The van der Waals surface area contributed by atoms with Crippen LogP contribution >= 0.6 is 0 Å². The van der Waals surface area contributed by atoms with Crippen molar-refractivity contribution < 1.29 is 13.9 Å². The first-order valence-electron chi connectivity index (χ1n) is 11.1. The third-order valence-corrected chi connectivity index (χ3v) is 4.88. The van der Waals surface area contributed by atoms with Crippen LogP contribution in [0.5, 0.6) is 11.5 Å². The Balaban J connectivity index is 1.63. The fourth-order valence-electron chi connectivity index (χ4n) is 3.17. The summed E-state index contributed by atoms with van der Waals surface area (Å²) in [5, 5.41) is 0. The van der Waals surface area contributed by atoms with Crippen molar-refractivity contribution in [3.63, 3.8) is 0 Å². The number of hydrogen-bond acceptors (Lipinski definition) is 3. The lowest BCUT2D eigenvalue weighted by Gasteiger charge is -2.09. The molecule has 0 radical (unpaired) electrons. The second kappa shape index (κ2) is 14.0. The van der Waals surface area contributed by atoms with E-state index in [2.05, 4.69) is 11.9 Å². The van der Waals surface area contributed by atoms with E-state index in [1.807, 2.05) is 36.4 Å². The minimum atomic E-state index is -0.988. The summed E-state index contributed by atoms with van der Waals surface area (Å²) < 4.78 is 24.0. The molecule has 1 atom stereocenters. The fraction of sp³-hybridized carbons (Fsp3) is 0.560. The molecule has 0 bridgehead atoms. The second-order valence-corrected chi connectivity index (χ2v) is 7.67. The monoisotopic (exact) mass is 401 g/mol. The zero-order valence-corrected chi connectivity index (χ0v) is 18.0. The molecule has 0 saturated carbocycles. The predicted octanol–water partition coefficient (Wildman–Crippen LogP) is 7.40. The highest BCUT2D eigenvalue weighted by Crippen LogP contribution is 2.22. The maximum absolute atomic E-state index is 12.8. The van der Waals surface area contributed by atoms with Crippen LogP contribution in [0.2, 0.25) is 0 Å². The molecule has 0 aliphatic carbocycles. The number of ether oxygens (including phenoxy) is 2. The molecule has 0 N–H and O–H groups in total. The number of rotatable bonds is 15. The van der Waals surface area contributed by atoms with Gasteiger partial charge in [0.15, 0.2) is 0 Å². The molecule has 0 saturated heterocycles. The minimum Gasteiger partial charge on any atom is -0.494 e. The van der Waals surface area contributed by atoms with Crippen molar-refractivity contribution in [2.24, 2.45) is 0 Å². The molecule has 2 aromatic rings. The number of nitrogens with zero attached hydrogens (tertiary/aromatic N) is 1. The Morgan fingerprint density at radius 1 is 0.793 bits per heavy atom. The van der Waals surface area contributed by atoms with E-state index in [1.54, 1.807) is 6.20 Å². The van der Waals surface area contributed by atoms with Crippen LogP contribution < -0.4 is 9.47 Å². The average Bonchev–Trinajstić information content (AvgIpc) is 2.74. The summed E-state index contributed by atoms with van der Waals surface area (Å²) in [6, 6.07) is 11.7. The zero-order chi connectivity index (χ0) is 20.7. The lowest BCUT2D eigenvalue weighted by Crippen LogP contribution is -2.08. The van der Waals surface area contributed by atoms with Crippen molar-refractivity contribution in [1.29, 1.82) is 0 Å². The summed E-state index contributed by atoms with van der Waals surface area (Å²) in [7, 11) is 0. The first-order chi connectivity index (χ1) is 14.2. The summed E-state index contributed by atoms with van der Waals surface area (Å²) >= 11 is 0. The van der Waals surface area contributed by atoms with E-state index in [1.165, 1.54) is 58.3 Å². The molecular weight excluding hydrogens is 365 g/mol. The van der Waals surface area contributed by atoms with E-state index in [0.717, 1.165) is 30.0 Å². The normalized spacial score (nSPS) is 12.0. The lowest BCUT2D eigenvalue weighted by molar-refractivity contribution is 0.209. The number of benzene rings is 1. The van der Waals surface area contributed by atoms with Crippen molar-refractivity contribution in [3.8, 4) is 22.8 Å². The highest BCUT2D eigenvalue weighted by molar-refractivity contribution is 5.60. The molecule has 29 heavy (non-hydrogen) atoms. The van der Waals surface area contributed by atoms with Crippen LogP contribution in [0.25, 0.3) is 11.3 Å². The first-order valence-corrected chi connectivity index (χ1v) is 11.1. The second-order valence-electron chi connectivity index (χ2n) is 7.67. The van der Waals surface area contributed by atoms with E-state index in [-0.39, 0.29) is 6.61 Å². The molecule has 1 heterocycles. The van der Waals surface area contributed by atoms with Crippen LogP contribution in [0.15, 0.2) is 42.6 Å². The van der Waals surface area contributed by atoms with E-state index in [4.69, 9.17) is 9.47 Å². The van der Waals surface area contributed by atoms with Gasteiger partial charge in [0.05, 0.1) is 18.5 Å². The zero-order valence-electron chi connectivity index (χ0n) is 18.0. The molecule has 1 aromatic heterocycles. The Bertz CT molecular complexity index is 656. The highest BCUT2D eigenvalue weighted by atomic mass is 19.1. The van der Waals surface area contributed by atoms with Crippen LogP contribution in [0, 0.1) is 0 Å². The van der Waals surface area contributed by atoms with Crippen LogP contribution in [0.3, 0.4) is 0 Å². The molecule has 4 heteroatoms. The minimum absolute atomic E-state index is 0.0476. The molecular formula is C25H36FNO2. The van der Waals surface area contributed by atoms with Gasteiger partial charge in [0.1, 0.15) is 24.3 Å². The van der Waals surface area contributed by atoms with Crippen LogP contribution in [-0.4, -0.2) is 24.4 Å². The maximum Gasteiger partial charge on any atom is 0.137 e. The largest absolute Gasteiger partial charge is 0.494 e. The van der Waals surface area contributed by atoms with Crippen molar-refractivity contribution >= 4 is 0 Å². The summed E-state index contributed by atoms with van der Waals surface area (Å²) in [5.74, 6) is 1.48. The Hall–Kier alpha value is -2.10. The third kappa shape index (κ3) is 9.78. The number of alkyl halides is 1. The van der Waals surface area contributed by atoms with Gasteiger partial charge in [-0.05, 0) is 49.7 Å². The molecule has 1 unspecified atom stereocenters. The van der Waals surface area contributed by atoms with Crippen LogP contribution in [0.4, 0.5) is 4.39 Å². The quantitative estimate of drug-likeness (QED) is 0.291. The standard InChI is InChI=1S/C25H36FNO2/c1-3-4-5-6-7-8-9-10-11-18-28-23-14-12-22(13-15-23)25-17-16-24(19-27-25)29-20-21(2)26/h12-17,19,21H,3-11,18,20H2,1-2H3. The van der Waals surface area contributed by atoms with Crippen molar-refractivity contribution in [2.75, 3.05) is 13.2 Å². The van der Waals surface area contributed by atoms with Gasteiger partial charge >= 0.3 is 0 Å². The number of halogens is 1. The summed E-state index contributed by atoms with van der Waals surface area (Å²) in [6.45, 7) is 4.55. The topological polar surface area (TPSA) is 31.4 Å². The Morgan fingerprint density at radius 3 is 2.00 bits per heavy atom. The van der Waals surface area contributed by atoms with Crippen molar-refractivity contribution in [3.05, 3.63) is 42.6 Å². The Morgan fingerprint density at radius 2 is 1.41 bits per heavy atom. The van der Waals surface area contributed by atoms with Gasteiger partial charge in [-0.25, -0.2) is 4.39 Å². The van der Waals surface area contributed by atoms with Crippen LogP contribution in [-0.2, 0) is 0 Å². The Kier molecular flexibility index (Phi) is 11.2. The molecule has 0 spiro atoms. The predicted molar refractivity (Wildman–Crippen MR) is 118 cm³/mol. The van der Waals surface area contributed by atoms with Gasteiger partial charge in [-0.1, -0.05) is 58.3 Å². The Labute approximate surface area is 175 Å². The van der Waals surface area contributed by atoms with Crippen molar-refractivity contribution in [1.82, 2.24) is 4.98 Å². The SMILES string of the molecule is CCCCCCCCCCCOc1ccc(-c2ccc(OCC(C)F)cn2)cc1. The van der Waals surface area contributed by atoms with Crippen molar-refractivity contribution in [2.45, 2.75) is 77.8 Å². The van der Waals surface area contributed by atoms with Crippen LogP contribution in [0.1, 0.15) is 71.6 Å². The highest BCUT2D eigenvalue weighted by Gasteiger charge is 2.03. The van der Waals surface area contributed by atoms with E-state index >= 15 is 0 Å². The summed E-state index contributed by atoms with van der Waals surface area (Å²) in [6.07, 6.45) is 12.5. The summed E-state index contributed by atoms with van der Waals surface area (Å²) in [4.78, 5) is 4.40. The number of aromatic nitrogens is 1. The van der Waals surface area contributed by atoms with Gasteiger partial charge in [-0.3, -0.25) is 4.98 Å². The molecule has 3 nitrogen and oxygen atoms in total. The van der Waals surface area contributed by atoms with Gasteiger partial charge in [0, 0.05) is 5.56 Å². The lowest BCUT2D eigenvalue weighted by atomic mass is 10.1. The van der Waals surface area contributed by atoms with Gasteiger partial charge in [-0.2, -0.15) is 0 Å². The third-order valence-electron chi connectivity index (χ3n) is 4.88. The molecule has 0 fully saturated rings.